The van der Waals surface area contributed by atoms with Gasteiger partial charge in [-0.2, -0.15) is 0 Å². The molecule has 1 amide bonds. The van der Waals surface area contributed by atoms with E-state index in [0.29, 0.717) is 18.9 Å². The zero-order valence-electron chi connectivity index (χ0n) is 18.9. The second-order valence-electron chi connectivity index (χ2n) is 8.17. The monoisotopic (exact) mass is 442 g/mol. The molecule has 0 spiro atoms. The van der Waals surface area contributed by atoms with Gasteiger partial charge in [0.15, 0.2) is 0 Å². The third-order valence-electron chi connectivity index (χ3n) is 6.40. The van der Waals surface area contributed by atoms with Crippen LogP contribution >= 0.6 is 0 Å². The Bertz CT molecular complexity index is 1210. The minimum absolute atomic E-state index is 0.351. The molecule has 33 heavy (non-hydrogen) atoms. The van der Waals surface area contributed by atoms with E-state index >= 15 is 0 Å². The standard InChI is InChI=1S/C27H26N2O4/c1-27(20-10-6-4-7-11-20)25-19(16-22(31-2)18-23(25)32-3)17-24(28-14-15-33-26(28)30)29(27)21-12-8-5-9-13-21/h4-13,16-18H,14-15H2,1-3H3. The number of hydrogen-bond acceptors (Lipinski definition) is 5. The van der Waals surface area contributed by atoms with Crippen molar-refractivity contribution in [3.8, 4) is 11.5 Å². The lowest BCUT2D eigenvalue weighted by Gasteiger charge is -2.49. The van der Waals surface area contributed by atoms with Crippen LogP contribution in [0.4, 0.5) is 10.5 Å². The SMILES string of the molecule is COc1cc2c(c(OC)c1)C(C)(c1ccccc1)N(c1ccccc1)C(N1CCOC1=O)=C2. The Kier molecular flexibility index (Phi) is 5.21. The Morgan fingerprint density at radius 2 is 1.64 bits per heavy atom. The molecule has 0 aliphatic carbocycles. The minimum Gasteiger partial charge on any atom is -0.497 e. The first-order chi connectivity index (χ1) is 16.1. The summed E-state index contributed by atoms with van der Waals surface area (Å²) in [4.78, 5) is 16.6. The first kappa shape index (κ1) is 20.9. The number of methoxy groups -OCH3 is 2. The Morgan fingerprint density at radius 1 is 0.939 bits per heavy atom. The minimum atomic E-state index is -0.692. The van der Waals surface area contributed by atoms with Crippen molar-refractivity contribution >= 4 is 17.9 Å². The van der Waals surface area contributed by atoms with Crippen LogP contribution in [0.15, 0.2) is 78.6 Å². The molecule has 0 N–H and O–H groups in total. The highest BCUT2D eigenvalue weighted by atomic mass is 16.6. The van der Waals surface area contributed by atoms with Crippen LogP contribution in [0.1, 0.15) is 23.6 Å². The molecule has 3 aromatic carbocycles. The van der Waals surface area contributed by atoms with Crippen LogP contribution in [0.25, 0.3) is 6.08 Å². The molecule has 168 valence electrons. The Hall–Kier alpha value is -3.93. The number of ether oxygens (including phenoxy) is 3. The topological polar surface area (TPSA) is 51.2 Å². The van der Waals surface area contributed by atoms with E-state index in [1.165, 1.54) is 0 Å². The van der Waals surface area contributed by atoms with Crippen LogP contribution in [0.2, 0.25) is 0 Å². The quantitative estimate of drug-likeness (QED) is 0.541. The van der Waals surface area contributed by atoms with E-state index < -0.39 is 5.54 Å². The van der Waals surface area contributed by atoms with Gasteiger partial charge < -0.3 is 19.1 Å². The Balaban J connectivity index is 1.87. The lowest BCUT2D eigenvalue weighted by molar-refractivity contribution is 0.163. The van der Waals surface area contributed by atoms with Gasteiger partial charge >= 0.3 is 6.09 Å². The molecule has 6 heteroatoms. The van der Waals surface area contributed by atoms with E-state index in [0.717, 1.165) is 33.9 Å². The highest BCUT2D eigenvalue weighted by Gasteiger charge is 2.47. The summed E-state index contributed by atoms with van der Waals surface area (Å²) in [5, 5.41) is 0. The van der Waals surface area contributed by atoms with Gasteiger partial charge in [-0.05, 0) is 42.3 Å². The summed E-state index contributed by atoms with van der Waals surface area (Å²) < 4.78 is 16.8. The maximum atomic E-state index is 12.7. The number of hydrogen-bond donors (Lipinski definition) is 0. The molecule has 1 atom stereocenters. The summed E-state index contributed by atoms with van der Waals surface area (Å²) in [7, 11) is 3.31. The lowest BCUT2D eigenvalue weighted by atomic mass is 9.77. The van der Waals surface area contributed by atoms with Gasteiger partial charge in [0.05, 0.1) is 26.3 Å². The first-order valence-corrected chi connectivity index (χ1v) is 10.9. The largest absolute Gasteiger partial charge is 0.497 e. The molecule has 0 radical (unpaired) electrons. The Labute approximate surface area is 193 Å². The van der Waals surface area contributed by atoms with Crippen molar-refractivity contribution in [2.75, 3.05) is 32.3 Å². The zero-order valence-corrected chi connectivity index (χ0v) is 18.9. The average Bonchev–Trinajstić information content (AvgIpc) is 3.29. The zero-order chi connectivity index (χ0) is 23.0. The van der Waals surface area contributed by atoms with Crippen LogP contribution in [-0.4, -0.2) is 38.4 Å². The predicted molar refractivity (Wildman–Crippen MR) is 127 cm³/mol. The normalized spacial score (nSPS) is 19.6. The number of carbonyl (C=O) groups is 1. The fourth-order valence-electron chi connectivity index (χ4n) is 4.87. The van der Waals surface area contributed by atoms with Crippen LogP contribution in [0.3, 0.4) is 0 Å². The van der Waals surface area contributed by atoms with E-state index in [1.807, 2.05) is 54.6 Å². The first-order valence-electron chi connectivity index (χ1n) is 10.9. The molecule has 3 aromatic rings. The number of carbonyl (C=O) groups excluding carboxylic acids is 1. The van der Waals surface area contributed by atoms with Crippen molar-refractivity contribution in [3.63, 3.8) is 0 Å². The highest BCUT2D eigenvalue weighted by molar-refractivity contribution is 5.82. The van der Waals surface area contributed by atoms with Gasteiger partial charge in [-0.25, -0.2) is 4.79 Å². The molecule has 6 nitrogen and oxygen atoms in total. The van der Waals surface area contributed by atoms with Crippen molar-refractivity contribution in [2.45, 2.75) is 12.5 Å². The van der Waals surface area contributed by atoms with E-state index in [4.69, 9.17) is 14.2 Å². The van der Waals surface area contributed by atoms with Gasteiger partial charge in [0.1, 0.15) is 23.9 Å². The van der Waals surface area contributed by atoms with Crippen LogP contribution in [-0.2, 0) is 10.3 Å². The van der Waals surface area contributed by atoms with Gasteiger partial charge in [0.25, 0.3) is 0 Å². The maximum Gasteiger partial charge on any atom is 0.415 e. The van der Waals surface area contributed by atoms with Gasteiger partial charge in [-0.15, -0.1) is 0 Å². The summed E-state index contributed by atoms with van der Waals surface area (Å²) in [6.07, 6.45) is 1.67. The van der Waals surface area contributed by atoms with Crippen LogP contribution < -0.4 is 14.4 Å². The van der Waals surface area contributed by atoms with Gasteiger partial charge in [-0.3, -0.25) is 4.90 Å². The fourth-order valence-corrected chi connectivity index (χ4v) is 4.87. The van der Waals surface area contributed by atoms with E-state index in [-0.39, 0.29) is 6.09 Å². The average molecular weight is 443 g/mol. The van der Waals surface area contributed by atoms with Crippen molar-refractivity contribution in [3.05, 3.63) is 95.3 Å². The molecule has 1 fully saturated rings. The van der Waals surface area contributed by atoms with Gasteiger partial charge in [-0.1, -0.05) is 48.5 Å². The molecule has 5 rings (SSSR count). The summed E-state index contributed by atoms with van der Waals surface area (Å²) >= 11 is 0. The second kappa shape index (κ2) is 8.20. The van der Waals surface area contributed by atoms with Crippen molar-refractivity contribution in [1.82, 2.24) is 4.90 Å². The molecule has 2 aliphatic rings. The molecule has 2 aliphatic heterocycles. The van der Waals surface area contributed by atoms with Crippen molar-refractivity contribution in [2.24, 2.45) is 0 Å². The van der Waals surface area contributed by atoms with E-state index in [1.54, 1.807) is 19.1 Å². The molecule has 2 heterocycles. The summed E-state index contributed by atoms with van der Waals surface area (Å²) in [6.45, 7) is 3.00. The predicted octanol–water partition coefficient (Wildman–Crippen LogP) is 5.24. The number of anilines is 1. The Morgan fingerprint density at radius 3 is 2.24 bits per heavy atom. The lowest BCUT2D eigenvalue weighted by Crippen LogP contribution is -2.51. The number of fused-ring (bicyclic) bond motifs is 1. The molecule has 1 saturated heterocycles. The molecule has 0 saturated carbocycles. The summed E-state index contributed by atoms with van der Waals surface area (Å²) in [5.74, 6) is 2.16. The molecule has 0 aromatic heterocycles. The maximum absolute atomic E-state index is 12.7. The molecular formula is C27H26N2O4. The van der Waals surface area contributed by atoms with E-state index in [9.17, 15) is 4.79 Å². The van der Waals surface area contributed by atoms with Crippen LogP contribution in [0, 0.1) is 0 Å². The van der Waals surface area contributed by atoms with Gasteiger partial charge in [0, 0.05) is 17.3 Å². The number of benzene rings is 3. The molecule has 0 bridgehead atoms. The number of cyclic esters (lactones) is 1. The highest BCUT2D eigenvalue weighted by Crippen LogP contribution is 2.51. The smallest absolute Gasteiger partial charge is 0.415 e. The van der Waals surface area contributed by atoms with Gasteiger partial charge in [0.2, 0.25) is 0 Å². The molecular weight excluding hydrogens is 416 g/mol. The number of nitrogens with zero attached hydrogens (tertiary/aromatic N) is 2. The number of rotatable bonds is 5. The second-order valence-corrected chi connectivity index (χ2v) is 8.17. The fraction of sp³-hybridized carbons (Fsp3) is 0.222. The van der Waals surface area contributed by atoms with Crippen molar-refractivity contribution < 1.29 is 19.0 Å². The summed E-state index contributed by atoms with van der Waals surface area (Å²) in [5.41, 5.74) is 3.26. The number of amides is 1. The third kappa shape index (κ3) is 3.30. The van der Waals surface area contributed by atoms with Crippen LogP contribution in [0.5, 0.6) is 11.5 Å². The number of para-hydroxylation sites is 1. The van der Waals surface area contributed by atoms with Crippen molar-refractivity contribution in [1.29, 1.82) is 0 Å². The summed E-state index contributed by atoms with van der Waals surface area (Å²) in [6, 6.07) is 24.3. The van der Waals surface area contributed by atoms with E-state index in [2.05, 4.69) is 36.1 Å². The molecule has 1 unspecified atom stereocenters. The third-order valence-corrected chi connectivity index (χ3v) is 6.40.